The van der Waals surface area contributed by atoms with Crippen molar-refractivity contribution >= 4 is 54.8 Å². The first-order valence-corrected chi connectivity index (χ1v) is 17.6. The summed E-state index contributed by atoms with van der Waals surface area (Å²) in [5.74, 6) is 6.56. The third-order valence-electron chi connectivity index (χ3n) is 8.52. The van der Waals surface area contributed by atoms with Crippen LogP contribution in [0.3, 0.4) is 0 Å². The standard InChI is InChI=1S/C39H45BrN4O3/c1-4-30(35(26-40)43-41)32-15-9-16-33-34(17-10-25-47-36-18-8-13-28-12-6-7-14-31(28)36)38(39(45)46-5-2)44(37(32)33)24-11-23-42-29-21-19-27(3)20-22-29/h6-9,12-16,18-22,42-43H,4-5,10-11,17,23-26,41H2,1-3H3/b35-30+. The molecule has 1 aromatic heterocycles. The number of fused-ring (bicyclic) bond motifs is 2. The molecule has 0 spiro atoms. The molecule has 0 unspecified atom stereocenters. The first-order valence-electron chi connectivity index (χ1n) is 16.5. The number of nitrogens with zero attached hydrogens (tertiary/aromatic N) is 1. The molecule has 246 valence electrons. The van der Waals surface area contributed by atoms with Crippen molar-refractivity contribution in [2.75, 3.05) is 30.4 Å². The lowest BCUT2D eigenvalue weighted by Crippen LogP contribution is -2.23. The van der Waals surface area contributed by atoms with E-state index in [4.69, 9.17) is 15.3 Å². The molecule has 7 nitrogen and oxygen atoms in total. The molecule has 0 amide bonds. The van der Waals surface area contributed by atoms with Gasteiger partial charge in [0.25, 0.3) is 0 Å². The number of hydrazine groups is 1. The van der Waals surface area contributed by atoms with E-state index in [9.17, 15) is 4.79 Å². The molecule has 0 atom stereocenters. The molecular formula is C39H45BrN4O3. The number of para-hydroxylation sites is 1. The minimum Gasteiger partial charge on any atom is -0.493 e. The average molecular weight is 698 g/mol. The molecule has 5 rings (SSSR count). The molecular weight excluding hydrogens is 652 g/mol. The summed E-state index contributed by atoms with van der Waals surface area (Å²) in [4.78, 5) is 13.8. The van der Waals surface area contributed by atoms with E-state index in [-0.39, 0.29) is 5.97 Å². The topological polar surface area (TPSA) is 90.5 Å². The zero-order valence-corrected chi connectivity index (χ0v) is 29.2. The van der Waals surface area contributed by atoms with Crippen molar-refractivity contribution < 1.29 is 14.3 Å². The number of anilines is 1. The van der Waals surface area contributed by atoms with Crippen molar-refractivity contribution in [3.63, 3.8) is 0 Å². The summed E-state index contributed by atoms with van der Waals surface area (Å²) >= 11 is 3.61. The van der Waals surface area contributed by atoms with Crippen LogP contribution < -0.4 is 21.3 Å². The molecule has 0 bridgehead atoms. The molecule has 0 aliphatic heterocycles. The molecule has 0 saturated carbocycles. The quantitative estimate of drug-likeness (QED) is 0.0314. The van der Waals surface area contributed by atoms with Gasteiger partial charge in [-0.15, -0.1) is 0 Å². The van der Waals surface area contributed by atoms with Crippen LogP contribution in [0.25, 0.3) is 27.2 Å². The largest absolute Gasteiger partial charge is 0.493 e. The summed E-state index contributed by atoms with van der Waals surface area (Å²) in [5.41, 5.74) is 10.9. The fourth-order valence-electron chi connectivity index (χ4n) is 6.30. The second-order valence-corrected chi connectivity index (χ2v) is 12.1. The van der Waals surface area contributed by atoms with Gasteiger partial charge >= 0.3 is 5.97 Å². The second-order valence-electron chi connectivity index (χ2n) is 11.6. The second kappa shape index (κ2) is 16.5. The molecule has 4 aromatic carbocycles. The number of nitrogens with two attached hydrogens (primary N) is 1. The minimum atomic E-state index is -0.300. The van der Waals surface area contributed by atoms with Gasteiger partial charge < -0.3 is 24.8 Å². The van der Waals surface area contributed by atoms with Gasteiger partial charge in [0.2, 0.25) is 0 Å². The van der Waals surface area contributed by atoms with Gasteiger partial charge in [-0.3, -0.25) is 5.84 Å². The van der Waals surface area contributed by atoms with Crippen LogP contribution in [-0.2, 0) is 17.7 Å². The van der Waals surface area contributed by atoms with E-state index in [0.29, 0.717) is 37.2 Å². The number of halogens is 1. The SMILES string of the molecule is CCOC(=O)c1c(CCCOc2cccc3ccccc23)c2cccc(/C(CC)=C(\CBr)NN)c2n1CCCNc1ccc(C)cc1. The number of hydrogen-bond donors (Lipinski definition) is 3. The number of benzene rings is 4. The Bertz CT molecular complexity index is 1830. The Balaban J connectivity index is 1.51. The molecule has 0 saturated heterocycles. The fourth-order valence-corrected chi connectivity index (χ4v) is 6.80. The van der Waals surface area contributed by atoms with Gasteiger partial charge in [0.1, 0.15) is 11.4 Å². The van der Waals surface area contributed by atoms with E-state index < -0.39 is 0 Å². The summed E-state index contributed by atoms with van der Waals surface area (Å²) in [6.45, 7) is 8.30. The van der Waals surface area contributed by atoms with Gasteiger partial charge in [0, 0.05) is 46.1 Å². The lowest BCUT2D eigenvalue weighted by Gasteiger charge is -2.17. The number of allylic oxidation sites excluding steroid dienone is 2. The Labute approximate surface area is 286 Å². The summed E-state index contributed by atoms with van der Waals surface area (Å²) in [6, 6.07) is 29.1. The molecule has 0 aliphatic carbocycles. The van der Waals surface area contributed by atoms with Crippen LogP contribution in [0.5, 0.6) is 5.75 Å². The highest BCUT2D eigenvalue weighted by Crippen LogP contribution is 2.36. The average Bonchev–Trinajstić information content (AvgIpc) is 3.41. The maximum atomic E-state index is 13.8. The highest BCUT2D eigenvalue weighted by molar-refractivity contribution is 9.09. The van der Waals surface area contributed by atoms with Gasteiger partial charge in [0.15, 0.2) is 0 Å². The molecule has 1 heterocycles. The predicted molar refractivity (Wildman–Crippen MR) is 198 cm³/mol. The smallest absolute Gasteiger partial charge is 0.355 e. The Hall–Kier alpha value is -4.27. The monoisotopic (exact) mass is 696 g/mol. The fraction of sp³-hybridized carbons (Fsp3) is 0.308. The van der Waals surface area contributed by atoms with Crippen LogP contribution in [0.4, 0.5) is 5.69 Å². The maximum Gasteiger partial charge on any atom is 0.355 e. The number of aromatic nitrogens is 1. The zero-order chi connectivity index (χ0) is 33.2. The third-order valence-corrected chi connectivity index (χ3v) is 9.08. The lowest BCUT2D eigenvalue weighted by molar-refractivity contribution is 0.0512. The first-order chi connectivity index (χ1) is 23.0. The predicted octanol–water partition coefficient (Wildman–Crippen LogP) is 8.77. The van der Waals surface area contributed by atoms with Crippen molar-refractivity contribution in [3.8, 4) is 5.75 Å². The van der Waals surface area contributed by atoms with Crippen LogP contribution in [-0.4, -0.2) is 35.6 Å². The van der Waals surface area contributed by atoms with E-state index in [1.54, 1.807) is 0 Å². The van der Waals surface area contributed by atoms with Gasteiger partial charge in [-0.1, -0.05) is 95.1 Å². The summed E-state index contributed by atoms with van der Waals surface area (Å²) < 4.78 is 14.2. The van der Waals surface area contributed by atoms with E-state index in [2.05, 4.69) is 106 Å². The number of rotatable bonds is 16. The van der Waals surface area contributed by atoms with Gasteiger partial charge in [-0.2, -0.15) is 0 Å². The Morgan fingerprint density at radius 1 is 0.915 bits per heavy atom. The number of esters is 1. The highest BCUT2D eigenvalue weighted by atomic mass is 79.9. The Morgan fingerprint density at radius 3 is 2.40 bits per heavy atom. The molecule has 0 fully saturated rings. The number of alkyl halides is 1. The van der Waals surface area contributed by atoms with E-state index >= 15 is 0 Å². The van der Waals surface area contributed by atoms with Crippen LogP contribution >= 0.6 is 15.9 Å². The summed E-state index contributed by atoms with van der Waals surface area (Å²) in [5, 5.41) is 7.43. The van der Waals surface area contributed by atoms with Crippen LogP contribution in [0.1, 0.15) is 60.3 Å². The van der Waals surface area contributed by atoms with Crippen molar-refractivity contribution in [3.05, 3.63) is 113 Å². The number of hydrogen-bond acceptors (Lipinski definition) is 6. The molecule has 47 heavy (non-hydrogen) atoms. The van der Waals surface area contributed by atoms with Crippen LogP contribution in [0.15, 0.2) is 90.6 Å². The van der Waals surface area contributed by atoms with Crippen LogP contribution in [0.2, 0.25) is 0 Å². The Kier molecular flexibility index (Phi) is 12.0. The summed E-state index contributed by atoms with van der Waals surface area (Å²) in [6.07, 6.45) is 2.99. The number of carbonyl (C=O) groups is 1. The van der Waals surface area contributed by atoms with Gasteiger partial charge in [-0.05, 0) is 74.3 Å². The van der Waals surface area contributed by atoms with Crippen molar-refractivity contribution in [2.24, 2.45) is 5.84 Å². The van der Waals surface area contributed by atoms with E-state index in [1.165, 1.54) is 5.56 Å². The highest BCUT2D eigenvalue weighted by Gasteiger charge is 2.26. The molecule has 4 N–H and O–H groups in total. The number of ether oxygens (including phenoxy) is 2. The molecule has 5 aromatic rings. The van der Waals surface area contributed by atoms with E-state index in [0.717, 1.165) is 81.3 Å². The number of carbonyl (C=O) groups excluding carboxylic acids is 1. The zero-order valence-electron chi connectivity index (χ0n) is 27.6. The van der Waals surface area contributed by atoms with E-state index in [1.807, 2.05) is 31.2 Å². The maximum absolute atomic E-state index is 13.8. The van der Waals surface area contributed by atoms with Crippen molar-refractivity contribution in [1.29, 1.82) is 0 Å². The first kappa shape index (κ1) is 34.1. The summed E-state index contributed by atoms with van der Waals surface area (Å²) in [7, 11) is 0. The van der Waals surface area contributed by atoms with Crippen molar-refractivity contribution in [1.82, 2.24) is 9.99 Å². The van der Waals surface area contributed by atoms with Crippen molar-refractivity contribution in [2.45, 2.75) is 53.0 Å². The molecule has 8 heteroatoms. The molecule has 0 radical (unpaired) electrons. The van der Waals surface area contributed by atoms with Crippen LogP contribution in [0, 0.1) is 6.92 Å². The minimum absolute atomic E-state index is 0.300. The third kappa shape index (κ3) is 7.83. The number of nitrogens with one attached hydrogen (secondary N) is 2. The Morgan fingerprint density at radius 2 is 1.66 bits per heavy atom. The van der Waals surface area contributed by atoms with Gasteiger partial charge in [0.05, 0.1) is 18.7 Å². The number of aryl methyl sites for hydroxylation is 3. The molecule has 0 aliphatic rings. The normalized spacial score (nSPS) is 11.9. The lowest BCUT2D eigenvalue weighted by atomic mass is 9.97. The van der Waals surface area contributed by atoms with Gasteiger partial charge in [-0.25, -0.2) is 4.79 Å².